The number of hydrogen-bond donors (Lipinski definition) is 2. The molecule has 5 rings (SSSR count). The van der Waals surface area contributed by atoms with Crippen molar-refractivity contribution in [2.45, 2.75) is 26.2 Å². The van der Waals surface area contributed by atoms with Crippen LogP contribution in [0, 0.1) is 0 Å². The number of amides is 1. The van der Waals surface area contributed by atoms with Gasteiger partial charge in [-0.3, -0.25) is 19.3 Å². The molecule has 3 aromatic heterocycles. The summed E-state index contributed by atoms with van der Waals surface area (Å²) in [6, 6.07) is 14.7. The maximum atomic E-state index is 13.6. The fourth-order valence-corrected chi connectivity index (χ4v) is 4.38. The van der Waals surface area contributed by atoms with Crippen LogP contribution in [0.4, 0.5) is 11.6 Å². The second kappa shape index (κ2) is 10.3. The van der Waals surface area contributed by atoms with Crippen LogP contribution in [0.2, 0.25) is 0 Å². The Bertz CT molecular complexity index is 1720. The Morgan fingerprint density at radius 2 is 1.87 bits per heavy atom. The van der Waals surface area contributed by atoms with E-state index in [2.05, 4.69) is 41.3 Å². The number of carbonyl (C=O) groups excluding carboxylic acids is 1. The number of pyridine rings is 1. The number of benzene rings is 2. The van der Waals surface area contributed by atoms with Gasteiger partial charge in [-0.2, -0.15) is 10.1 Å². The van der Waals surface area contributed by atoms with E-state index in [1.165, 1.54) is 10.8 Å². The first kappa shape index (κ1) is 26.1. The van der Waals surface area contributed by atoms with Gasteiger partial charge >= 0.3 is 0 Å². The van der Waals surface area contributed by atoms with Crippen molar-refractivity contribution in [3.63, 3.8) is 0 Å². The summed E-state index contributed by atoms with van der Waals surface area (Å²) < 4.78 is 6.70. The van der Waals surface area contributed by atoms with Crippen molar-refractivity contribution < 1.29 is 9.53 Å². The number of methoxy groups -OCH3 is 1. The Labute approximate surface area is 225 Å². The maximum absolute atomic E-state index is 13.6. The smallest absolute Gasteiger partial charge is 0.267 e. The maximum Gasteiger partial charge on any atom is 0.267 e. The highest BCUT2D eigenvalue weighted by Crippen LogP contribution is 2.25. The van der Waals surface area contributed by atoms with Crippen LogP contribution in [-0.2, 0) is 10.2 Å². The molecule has 0 saturated heterocycles. The van der Waals surface area contributed by atoms with E-state index < -0.39 is 0 Å². The van der Waals surface area contributed by atoms with Gasteiger partial charge in [0, 0.05) is 38.1 Å². The van der Waals surface area contributed by atoms with Crippen LogP contribution in [0.5, 0.6) is 0 Å². The summed E-state index contributed by atoms with van der Waals surface area (Å²) in [5, 5.41) is 11.0. The third-order valence-electron chi connectivity index (χ3n) is 6.66. The van der Waals surface area contributed by atoms with Crippen molar-refractivity contribution in [3.8, 4) is 5.69 Å². The topological polar surface area (TPSA) is 118 Å². The third kappa shape index (κ3) is 5.10. The zero-order valence-electron chi connectivity index (χ0n) is 22.6. The minimum Gasteiger partial charge on any atom is -0.383 e. The van der Waals surface area contributed by atoms with Crippen molar-refractivity contribution in [2.75, 3.05) is 37.5 Å². The summed E-state index contributed by atoms with van der Waals surface area (Å²) in [6.07, 6.45) is 3.18. The first-order chi connectivity index (χ1) is 18.7. The molecule has 0 fully saturated rings. The molecule has 1 amide bonds. The van der Waals surface area contributed by atoms with Gasteiger partial charge in [0.2, 0.25) is 5.95 Å². The van der Waals surface area contributed by atoms with Crippen molar-refractivity contribution in [1.82, 2.24) is 24.7 Å². The molecular formula is C29H31N7O3. The van der Waals surface area contributed by atoms with E-state index in [1.54, 1.807) is 37.6 Å². The van der Waals surface area contributed by atoms with Crippen LogP contribution in [0.3, 0.4) is 0 Å². The second-order valence-corrected chi connectivity index (χ2v) is 10.5. The molecule has 0 bridgehead atoms. The molecule has 3 heterocycles. The minimum atomic E-state index is -0.281. The highest BCUT2D eigenvalue weighted by atomic mass is 16.5. The molecule has 2 N–H and O–H groups in total. The lowest BCUT2D eigenvalue weighted by atomic mass is 9.87. The van der Waals surface area contributed by atoms with Crippen molar-refractivity contribution in [2.24, 2.45) is 0 Å². The summed E-state index contributed by atoms with van der Waals surface area (Å²) in [5.74, 6) is 0.217. The first-order valence-electron chi connectivity index (χ1n) is 12.6. The monoisotopic (exact) mass is 525 g/mol. The molecule has 0 radical (unpaired) electrons. The molecule has 0 aliphatic rings. The second-order valence-electron chi connectivity index (χ2n) is 10.5. The van der Waals surface area contributed by atoms with Crippen LogP contribution < -0.4 is 15.8 Å². The van der Waals surface area contributed by atoms with Crippen LogP contribution in [0.25, 0.3) is 27.6 Å². The molecule has 10 heteroatoms. The molecule has 5 aromatic rings. The zero-order valence-corrected chi connectivity index (χ0v) is 22.6. The predicted octanol–water partition coefficient (Wildman–Crippen LogP) is 4.29. The van der Waals surface area contributed by atoms with Crippen LogP contribution in [0.15, 0.2) is 65.7 Å². The Kier molecular flexibility index (Phi) is 6.88. The number of rotatable bonds is 7. The number of H-pyrrole nitrogens is 1. The molecule has 10 nitrogen and oxygen atoms in total. The van der Waals surface area contributed by atoms with E-state index in [0.29, 0.717) is 58.0 Å². The molecule has 200 valence electrons. The molecule has 0 atom stereocenters. The number of likely N-dealkylation sites (N-methyl/N-ethyl adjacent to an activating group) is 1. The molecule has 39 heavy (non-hydrogen) atoms. The molecule has 2 aromatic carbocycles. The predicted molar refractivity (Wildman–Crippen MR) is 153 cm³/mol. The van der Waals surface area contributed by atoms with Gasteiger partial charge in [0.25, 0.3) is 11.5 Å². The number of nitrogens with one attached hydrogen (secondary N) is 2. The van der Waals surface area contributed by atoms with Gasteiger partial charge in [-0.1, -0.05) is 39.0 Å². The molecule has 0 saturated carbocycles. The van der Waals surface area contributed by atoms with Gasteiger partial charge < -0.3 is 15.0 Å². The highest BCUT2D eigenvalue weighted by Gasteiger charge is 2.18. The minimum absolute atomic E-state index is 0.00251. The lowest BCUT2D eigenvalue weighted by molar-refractivity contribution is 0.102. The molecule has 0 aliphatic carbocycles. The number of anilines is 2. The van der Waals surface area contributed by atoms with E-state index in [-0.39, 0.29) is 16.9 Å². The van der Waals surface area contributed by atoms with E-state index >= 15 is 0 Å². The normalized spacial score (nSPS) is 11.7. The largest absolute Gasteiger partial charge is 0.383 e. The van der Waals surface area contributed by atoms with E-state index in [1.807, 2.05) is 36.2 Å². The number of carbonyl (C=O) groups is 1. The Balaban J connectivity index is 1.55. The summed E-state index contributed by atoms with van der Waals surface area (Å²) in [4.78, 5) is 37.8. The molecule has 0 spiro atoms. The fraction of sp³-hybridized carbons (Fsp3) is 0.276. The van der Waals surface area contributed by atoms with E-state index in [9.17, 15) is 9.59 Å². The van der Waals surface area contributed by atoms with Crippen LogP contribution in [-0.4, -0.2) is 57.9 Å². The standard InChI is InChI=1S/C29H31N7O3/c1-29(2,3)19-11-9-18(10-12-19)26(37)32-20-7-6-8-21(15-20)36-25-22(24-23(27(36)38)17-31-34-24)16-30-28(33-25)35(4)13-14-39-5/h6-12,15-17H,13-14H2,1-5H3,(H,31,34)(H,32,37). The number of fused-ring (bicyclic) bond motifs is 3. The number of aromatic nitrogens is 5. The quantitative estimate of drug-likeness (QED) is 0.325. The number of aromatic amines is 1. The van der Waals surface area contributed by atoms with Crippen molar-refractivity contribution >= 4 is 39.5 Å². The van der Waals surface area contributed by atoms with Crippen LogP contribution >= 0.6 is 0 Å². The zero-order chi connectivity index (χ0) is 27.7. The number of hydrogen-bond acceptors (Lipinski definition) is 7. The van der Waals surface area contributed by atoms with E-state index in [4.69, 9.17) is 9.72 Å². The van der Waals surface area contributed by atoms with Gasteiger partial charge in [-0.25, -0.2) is 4.98 Å². The lowest BCUT2D eigenvalue weighted by Crippen LogP contribution is -2.25. The molecule has 0 unspecified atom stereocenters. The number of ether oxygens (including phenoxy) is 1. The van der Waals surface area contributed by atoms with Gasteiger partial charge in [0.1, 0.15) is 0 Å². The number of nitrogens with zero attached hydrogens (tertiary/aromatic N) is 5. The SMILES string of the molecule is COCCN(C)c1ncc2c3[nH]ncc3c(=O)n(-c3cccc(NC(=O)c4ccc(C(C)(C)C)cc4)c3)c2n1. The summed E-state index contributed by atoms with van der Waals surface area (Å²) >= 11 is 0. The van der Waals surface area contributed by atoms with Crippen molar-refractivity contribution in [1.29, 1.82) is 0 Å². The van der Waals surface area contributed by atoms with Gasteiger partial charge in [0.15, 0.2) is 5.65 Å². The molecular weight excluding hydrogens is 494 g/mol. The lowest BCUT2D eigenvalue weighted by Gasteiger charge is -2.19. The summed E-state index contributed by atoms with van der Waals surface area (Å²) in [5.41, 5.74) is 3.51. The Hall–Kier alpha value is -4.57. The van der Waals surface area contributed by atoms with Crippen molar-refractivity contribution in [3.05, 3.63) is 82.4 Å². The average Bonchev–Trinajstić information content (AvgIpc) is 3.42. The van der Waals surface area contributed by atoms with Gasteiger partial charge in [-0.15, -0.1) is 0 Å². The van der Waals surface area contributed by atoms with Crippen LogP contribution in [0.1, 0.15) is 36.7 Å². The summed E-state index contributed by atoms with van der Waals surface area (Å²) in [6.45, 7) is 7.48. The third-order valence-corrected chi connectivity index (χ3v) is 6.66. The first-order valence-corrected chi connectivity index (χ1v) is 12.6. The molecule has 0 aliphatic heterocycles. The Morgan fingerprint density at radius 3 is 2.59 bits per heavy atom. The highest BCUT2D eigenvalue weighted by molar-refractivity contribution is 6.05. The average molecular weight is 526 g/mol. The van der Waals surface area contributed by atoms with E-state index in [0.717, 1.165) is 5.56 Å². The van der Waals surface area contributed by atoms with Gasteiger partial charge in [0.05, 0.1) is 34.8 Å². The van der Waals surface area contributed by atoms with Gasteiger partial charge in [-0.05, 0) is 41.3 Å². The Morgan fingerprint density at radius 1 is 1.10 bits per heavy atom. The summed E-state index contributed by atoms with van der Waals surface area (Å²) in [7, 11) is 3.50. The fourth-order valence-electron chi connectivity index (χ4n) is 4.38.